The summed E-state index contributed by atoms with van der Waals surface area (Å²) >= 11 is 1.70. The van der Waals surface area contributed by atoms with Crippen molar-refractivity contribution in [1.82, 2.24) is 4.98 Å². The number of hydrogen-bond donors (Lipinski definition) is 2. The second-order valence-corrected chi connectivity index (χ2v) is 6.16. The molecule has 0 saturated carbocycles. The molecule has 1 aromatic carbocycles. The van der Waals surface area contributed by atoms with Crippen LogP contribution in [0.5, 0.6) is 0 Å². The molecule has 0 aliphatic carbocycles. The summed E-state index contributed by atoms with van der Waals surface area (Å²) in [6.07, 6.45) is 1.14. The molecule has 20 heavy (non-hydrogen) atoms. The summed E-state index contributed by atoms with van der Waals surface area (Å²) in [5, 5.41) is 13.8. The summed E-state index contributed by atoms with van der Waals surface area (Å²) in [5.41, 5.74) is 7.36. The number of para-hydroxylation sites is 1. The Bertz CT molecular complexity index is 626. The van der Waals surface area contributed by atoms with Crippen LogP contribution in [0.25, 0.3) is 10.9 Å². The van der Waals surface area contributed by atoms with Crippen molar-refractivity contribution in [2.45, 2.75) is 25.3 Å². The lowest BCUT2D eigenvalue weighted by Crippen LogP contribution is -2.14. The van der Waals surface area contributed by atoms with E-state index in [0.717, 1.165) is 33.7 Å². The standard InChI is InChI=1S/C15H19N3OS/c1-10(2)7-8-20-14-9-12(15(16)18-19)11-5-3-4-6-13(11)17-14/h3-6,9-10,19H,7-8H2,1-2H3,(H2,16,18). The van der Waals surface area contributed by atoms with Gasteiger partial charge in [0.25, 0.3) is 0 Å². The summed E-state index contributed by atoms with van der Waals surface area (Å²) < 4.78 is 0. The molecule has 0 unspecified atom stereocenters. The van der Waals surface area contributed by atoms with E-state index in [1.165, 1.54) is 0 Å². The molecule has 3 N–H and O–H groups in total. The number of rotatable bonds is 5. The molecule has 5 heteroatoms. The van der Waals surface area contributed by atoms with Crippen molar-refractivity contribution in [2.75, 3.05) is 5.75 Å². The van der Waals surface area contributed by atoms with Gasteiger partial charge in [-0.2, -0.15) is 0 Å². The molecule has 4 nitrogen and oxygen atoms in total. The number of pyridine rings is 1. The zero-order valence-electron chi connectivity index (χ0n) is 11.7. The first-order valence-corrected chi connectivity index (χ1v) is 7.61. The lowest BCUT2D eigenvalue weighted by Gasteiger charge is -2.09. The normalized spacial score (nSPS) is 12.2. The Kier molecular flexibility index (Phi) is 4.84. The molecule has 0 saturated heterocycles. The van der Waals surface area contributed by atoms with Crippen molar-refractivity contribution in [1.29, 1.82) is 0 Å². The zero-order chi connectivity index (χ0) is 14.5. The minimum absolute atomic E-state index is 0.120. The highest BCUT2D eigenvalue weighted by Gasteiger charge is 2.09. The first kappa shape index (κ1) is 14.7. The highest BCUT2D eigenvalue weighted by molar-refractivity contribution is 7.99. The molecular weight excluding hydrogens is 270 g/mol. The largest absolute Gasteiger partial charge is 0.409 e. The molecule has 2 rings (SSSR count). The lowest BCUT2D eigenvalue weighted by molar-refractivity contribution is 0.318. The van der Waals surface area contributed by atoms with E-state index in [0.29, 0.717) is 5.92 Å². The van der Waals surface area contributed by atoms with Gasteiger partial charge in [0.15, 0.2) is 5.84 Å². The van der Waals surface area contributed by atoms with Gasteiger partial charge >= 0.3 is 0 Å². The maximum atomic E-state index is 8.92. The number of oxime groups is 1. The molecule has 0 aliphatic rings. The highest BCUT2D eigenvalue weighted by Crippen LogP contribution is 2.25. The van der Waals surface area contributed by atoms with Gasteiger partial charge in [-0.3, -0.25) is 0 Å². The molecule has 0 spiro atoms. The van der Waals surface area contributed by atoms with Crippen LogP contribution in [0.15, 0.2) is 40.5 Å². The summed E-state index contributed by atoms with van der Waals surface area (Å²) in [7, 11) is 0. The number of benzene rings is 1. The van der Waals surface area contributed by atoms with Gasteiger partial charge in [-0.25, -0.2) is 4.98 Å². The van der Waals surface area contributed by atoms with Crippen molar-refractivity contribution < 1.29 is 5.21 Å². The second kappa shape index (κ2) is 6.61. The molecule has 0 bridgehead atoms. The summed E-state index contributed by atoms with van der Waals surface area (Å²) in [6, 6.07) is 9.62. The molecule has 0 aliphatic heterocycles. The molecule has 1 aromatic heterocycles. The van der Waals surface area contributed by atoms with Crippen molar-refractivity contribution in [3.8, 4) is 0 Å². The van der Waals surface area contributed by atoms with Crippen molar-refractivity contribution in [3.63, 3.8) is 0 Å². The Morgan fingerprint density at radius 1 is 1.40 bits per heavy atom. The predicted molar refractivity (Wildman–Crippen MR) is 84.4 cm³/mol. The van der Waals surface area contributed by atoms with Crippen LogP contribution in [-0.4, -0.2) is 21.8 Å². The molecule has 1 heterocycles. The van der Waals surface area contributed by atoms with E-state index >= 15 is 0 Å². The van der Waals surface area contributed by atoms with Crippen LogP contribution < -0.4 is 5.73 Å². The fourth-order valence-electron chi connectivity index (χ4n) is 1.89. The van der Waals surface area contributed by atoms with Crippen molar-refractivity contribution in [2.24, 2.45) is 16.8 Å². The third kappa shape index (κ3) is 3.42. The second-order valence-electron chi connectivity index (χ2n) is 5.04. The maximum absolute atomic E-state index is 8.92. The third-order valence-electron chi connectivity index (χ3n) is 3.02. The van der Waals surface area contributed by atoms with Crippen LogP contribution in [0.1, 0.15) is 25.8 Å². The minimum Gasteiger partial charge on any atom is -0.409 e. The van der Waals surface area contributed by atoms with E-state index in [9.17, 15) is 0 Å². The van der Waals surface area contributed by atoms with Gasteiger partial charge in [0.1, 0.15) is 0 Å². The van der Waals surface area contributed by atoms with Crippen LogP contribution >= 0.6 is 11.8 Å². The average Bonchev–Trinajstić information content (AvgIpc) is 2.45. The van der Waals surface area contributed by atoms with Crippen LogP contribution in [0, 0.1) is 5.92 Å². The number of nitrogens with two attached hydrogens (primary N) is 1. The summed E-state index contributed by atoms with van der Waals surface area (Å²) in [6.45, 7) is 4.41. The van der Waals surface area contributed by atoms with E-state index < -0.39 is 0 Å². The maximum Gasteiger partial charge on any atom is 0.170 e. The third-order valence-corrected chi connectivity index (χ3v) is 3.97. The molecule has 0 amide bonds. The SMILES string of the molecule is CC(C)CCSc1cc(/C(N)=N/O)c2ccccc2n1. The van der Waals surface area contributed by atoms with Crippen LogP contribution in [0.2, 0.25) is 0 Å². The Morgan fingerprint density at radius 2 is 2.15 bits per heavy atom. The van der Waals surface area contributed by atoms with Crippen molar-refractivity contribution in [3.05, 3.63) is 35.9 Å². The summed E-state index contributed by atoms with van der Waals surface area (Å²) in [4.78, 5) is 4.62. The van der Waals surface area contributed by atoms with Crippen molar-refractivity contribution >= 4 is 28.5 Å². The number of thioether (sulfide) groups is 1. The van der Waals surface area contributed by atoms with E-state index in [2.05, 4.69) is 24.0 Å². The smallest absolute Gasteiger partial charge is 0.170 e. The molecule has 2 aromatic rings. The van der Waals surface area contributed by atoms with Gasteiger partial charge in [-0.15, -0.1) is 11.8 Å². The summed E-state index contributed by atoms with van der Waals surface area (Å²) in [5.74, 6) is 1.80. The zero-order valence-corrected chi connectivity index (χ0v) is 12.5. The van der Waals surface area contributed by atoms with Gasteiger partial charge in [0.2, 0.25) is 0 Å². The quantitative estimate of drug-likeness (QED) is 0.291. The Morgan fingerprint density at radius 3 is 2.85 bits per heavy atom. The Balaban J connectivity index is 2.37. The number of amidine groups is 1. The first-order valence-electron chi connectivity index (χ1n) is 6.62. The average molecular weight is 289 g/mol. The molecule has 0 atom stereocenters. The van der Waals surface area contributed by atoms with E-state index in [4.69, 9.17) is 10.9 Å². The molecule has 0 radical (unpaired) electrons. The van der Waals surface area contributed by atoms with Gasteiger partial charge < -0.3 is 10.9 Å². The number of fused-ring (bicyclic) bond motifs is 1. The number of aromatic nitrogens is 1. The highest BCUT2D eigenvalue weighted by atomic mass is 32.2. The van der Waals surface area contributed by atoms with Crippen LogP contribution in [-0.2, 0) is 0 Å². The van der Waals surface area contributed by atoms with Gasteiger partial charge in [0, 0.05) is 10.9 Å². The molecule has 106 valence electrons. The Hall–Kier alpha value is -1.75. The number of hydrogen-bond acceptors (Lipinski definition) is 4. The van der Waals surface area contributed by atoms with E-state index in [-0.39, 0.29) is 5.84 Å². The fourth-order valence-corrected chi connectivity index (χ4v) is 3.05. The van der Waals surface area contributed by atoms with Gasteiger partial charge in [0.05, 0.1) is 10.5 Å². The monoisotopic (exact) mass is 289 g/mol. The fraction of sp³-hybridized carbons (Fsp3) is 0.333. The van der Waals surface area contributed by atoms with Gasteiger partial charge in [-0.1, -0.05) is 37.2 Å². The minimum atomic E-state index is 0.120. The Labute approximate surface area is 123 Å². The predicted octanol–water partition coefficient (Wildman–Crippen LogP) is 3.47. The molecule has 0 fully saturated rings. The lowest BCUT2D eigenvalue weighted by atomic mass is 10.1. The van der Waals surface area contributed by atoms with Crippen LogP contribution in [0.3, 0.4) is 0 Å². The van der Waals surface area contributed by atoms with E-state index in [1.807, 2.05) is 30.3 Å². The van der Waals surface area contributed by atoms with E-state index in [1.54, 1.807) is 11.8 Å². The van der Waals surface area contributed by atoms with Crippen LogP contribution in [0.4, 0.5) is 0 Å². The molecular formula is C15H19N3OS. The topological polar surface area (TPSA) is 71.5 Å². The number of nitrogens with zero attached hydrogens (tertiary/aromatic N) is 2. The first-order chi connectivity index (χ1) is 9.61. The van der Waals surface area contributed by atoms with Gasteiger partial charge in [-0.05, 0) is 30.2 Å².